The number of amides is 2. The Kier molecular flexibility index (Phi) is 4.63. The number of nitrogens with one attached hydrogen (secondary N) is 1. The van der Waals surface area contributed by atoms with E-state index in [9.17, 15) is 4.79 Å². The number of urea groups is 1. The minimum absolute atomic E-state index is 0.0367. The second kappa shape index (κ2) is 7.58. The number of hydrogen-bond donors (Lipinski definition) is 1. The first-order valence-corrected chi connectivity index (χ1v) is 10.1. The van der Waals surface area contributed by atoms with Gasteiger partial charge in [-0.25, -0.2) is 14.5 Å². The summed E-state index contributed by atoms with van der Waals surface area (Å²) in [6.45, 7) is 2.85. The molecule has 2 aromatic carbocycles. The van der Waals surface area contributed by atoms with Crippen LogP contribution in [0.3, 0.4) is 0 Å². The van der Waals surface area contributed by atoms with Crippen molar-refractivity contribution in [3.05, 3.63) is 72.3 Å². The largest absolute Gasteiger partial charge is 0.366 e. The molecule has 2 aliphatic heterocycles. The van der Waals surface area contributed by atoms with E-state index in [1.54, 1.807) is 4.68 Å². The van der Waals surface area contributed by atoms with Crippen molar-refractivity contribution in [3.63, 3.8) is 0 Å². The Balaban J connectivity index is 1.24. The molecule has 0 aliphatic carbocycles. The van der Waals surface area contributed by atoms with Gasteiger partial charge in [-0.3, -0.25) is 0 Å². The van der Waals surface area contributed by atoms with Gasteiger partial charge in [0.2, 0.25) is 0 Å². The van der Waals surface area contributed by atoms with Gasteiger partial charge in [0.1, 0.15) is 6.33 Å². The summed E-state index contributed by atoms with van der Waals surface area (Å²) in [6.07, 6.45) is 3.49. The normalized spacial score (nSPS) is 18.1. The first-order valence-electron chi connectivity index (χ1n) is 10.1. The quantitative estimate of drug-likeness (QED) is 0.749. The third-order valence-corrected chi connectivity index (χ3v) is 5.76. The molecule has 1 fully saturated rings. The van der Waals surface area contributed by atoms with E-state index in [4.69, 9.17) is 0 Å². The minimum Gasteiger partial charge on any atom is -0.366 e. The van der Waals surface area contributed by atoms with Crippen LogP contribution in [0.4, 0.5) is 10.5 Å². The van der Waals surface area contributed by atoms with Crippen molar-refractivity contribution >= 4 is 11.7 Å². The van der Waals surface area contributed by atoms with Gasteiger partial charge >= 0.3 is 6.03 Å². The van der Waals surface area contributed by atoms with Crippen molar-refractivity contribution in [1.29, 1.82) is 0 Å². The molecule has 7 heteroatoms. The Morgan fingerprint density at radius 3 is 2.79 bits per heavy atom. The third-order valence-electron chi connectivity index (χ3n) is 5.76. The van der Waals surface area contributed by atoms with Crippen molar-refractivity contribution in [1.82, 2.24) is 25.0 Å². The van der Waals surface area contributed by atoms with Crippen LogP contribution in [0.25, 0.3) is 5.69 Å². The molecule has 5 rings (SSSR count). The number of benzene rings is 2. The lowest BCUT2D eigenvalue weighted by Crippen LogP contribution is -2.45. The number of carbonyl (C=O) groups is 1. The molecule has 1 saturated heterocycles. The minimum atomic E-state index is -0.0367. The maximum Gasteiger partial charge on any atom is 0.317 e. The molecule has 148 valence electrons. The summed E-state index contributed by atoms with van der Waals surface area (Å²) in [4.78, 5) is 21.6. The van der Waals surface area contributed by atoms with Crippen molar-refractivity contribution in [2.75, 3.05) is 24.5 Å². The molecule has 3 heterocycles. The van der Waals surface area contributed by atoms with Gasteiger partial charge in [-0.2, -0.15) is 5.10 Å². The van der Waals surface area contributed by atoms with Crippen LogP contribution in [0.15, 0.2) is 60.9 Å². The Morgan fingerprint density at radius 2 is 1.90 bits per heavy atom. The standard InChI is InChI=1S/C22H24N6O/c29-22(23-14-21-24-16-25-28(21)18-8-2-1-3-9-18)26-11-6-12-27-19(15-26)13-17-7-4-5-10-20(17)27/h1-5,7-10,16,19H,6,11-15H2,(H,23,29)/t19-/m0/s1. The third kappa shape index (κ3) is 3.44. The molecule has 0 radical (unpaired) electrons. The van der Waals surface area contributed by atoms with Gasteiger partial charge in [-0.05, 0) is 36.6 Å². The van der Waals surface area contributed by atoms with E-state index in [1.807, 2.05) is 35.2 Å². The van der Waals surface area contributed by atoms with E-state index in [2.05, 4.69) is 44.6 Å². The lowest BCUT2D eigenvalue weighted by molar-refractivity contribution is 0.197. The van der Waals surface area contributed by atoms with Gasteiger partial charge in [0.05, 0.1) is 18.3 Å². The van der Waals surface area contributed by atoms with Crippen LogP contribution < -0.4 is 10.2 Å². The molecule has 2 amide bonds. The number of rotatable bonds is 3. The lowest BCUT2D eigenvalue weighted by atomic mass is 10.1. The zero-order chi connectivity index (χ0) is 19.6. The average Bonchev–Trinajstić information content (AvgIpc) is 3.31. The molecule has 1 aromatic heterocycles. The predicted octanol–water partition coefficient (Wildman–Crippen LogP) is 2.61. The molecular formula is C22H24N6O. The van der Waals surface area contributed by atoms with Crippen LogP contribution in [0.2, 0.25) is 0 Å². The summed E-state index contributed by atoms with van der Waals surface area (Å²) in [5.74, 6) is 0.717. The zero-order valence-corrected chi connectivity index (χ0v) is 16.2. The van der Waals surface area contributed by atoms with E-state index < -0.39 is 0 Å². The van der Waals surface area contributed by atoms with Gasteiger partial charge < -0.3 is 15.1 Å². The topological polar surface area (TPSA) is 66.3 Å². The molecule has 0 bridgehead atoms. The zero-order valence-electron chi connectivity index (χ0n) is 16.2. The first kappa shape index (κ1) is 17.7. The van der Waals surface area contributed by atoms with Crippen molar-refractivity contribution < 1.29 is 4.79 Å². The summed E-state index contributed by atoms with van der Waals surface area (Å²) < 4.78 is 1.76. The first-order chi connectivity index (χ1) is 14.3. The number of para-hydroxylation sites is 2. The van der Waals surface area contributed by atoms with E-state index in [0.29, 0.717) is 18.4 Å². The fourth-order valence-electron chi connectivity index (χ4n) is 4.39. The van der Waals surface area contributed by atoms with Crippen LogP contribution in [0, 0.1) is 0 Å². The monoisotopic (exact) mass is 388 g/mol. The molecule has 1 N–H and O–H groups in total. The summed E-state index contributed by atoms with van der Waals surface area (Å²) in [5.41, 5.74) is 3.65. The van der Waals surface area contributed by atoms with Crippen LogP contribution in [0.5, 0.6) is 0 Å². The molecule has 7 nitrogen and oxygen atoms in total. The fraction of sp³-hybridized carbons (Fsp3) is 0.318. The highest BCUT2D eigenvalue weighted by Crippen LogP contribution is 2.33. The van der Waals surface area contributed by atoms with Crippen molar-refractivity contribution in [2.45, 2.75) is 25.4 Å². The maximum absolute atomic E-state index is 12.9. The van der Waals surface area contributed by atoms with Gasteiger partial charge in [0.25, 0.3) is 0 Å². The van der Waals surface area contributed by atoms with Crippen LogP contribution in [-0.4, -0.2) is 51.4 Å². The number of aromatic nitrogens is 3. The van der Waals surface area contributed by atoms with E-state index in [-0.39, 0.29) is 6.03 Å². The predicted molar refractivity (Wildman–Crippen MR) is 111 cm³/mol. The second-order valence-corrected chi connectivity index (χ2v) is 7.56. The van der Waals surface area contributed by atoms with Gasteiger partial charge in [0, 0.05) is 25.3 Å². The molecule has 29 heavy (non-hydrogen) atoms. The highest BCUT2D eigenvalue weighted by Gasteiger charge is 2.33. The highest BCUT2D eigenvalue weighted by atomic mass is 16.2. The number of nitrogens with zero attached hydrogens (tertiary/aromatic N) is 5. The molecule has 2 aliphatic rings. The maximum atomic E-state index is 12.9. The van der Waals surface area contributed by atoms with E-state index >= 15 is 0 Å². The number of fused-ring (bicyclic) bond motifs is 3. The molecule has 0 saturated carbocycles. The summed E-state index contributed by atoms with van der Waals surface area (Å²) in [5, 5.41) is 7.33. The summed E-state index contributed by atoms with van der Waals surface area (Å²) >= 11 is 0. The number of carbonyl (C=O) groups excluding carboxylic acids is 1. The second-order valence-electron chi connectivity index (χ2n) is 7.56. The van der Waals surface area contributed by atoms with E-state index in [0.717, 1.165) is 38.2 Å². The molecule has 0 spiro atoms. The smallest absolute Gasteiger partial charge is 0.317 e. The lowest BCUT2D eigenvalue weighted by Gasteiger charge is -2.27. The molecule has 3 aromatic rings. The Hall–Kier alpha value is -3.35. The Labute approximate surface area is 170 Å². The van der Waals surface area contributed by atoms with Crippen LogP contribution in [-0.2, 0) is 13.0 Å². The molecular weight excluding hydrogens is 364 g/mol. The fourth-order valence-corrected chi connectivity index (χ4v) is 4.39. The van der Waals surface area contributed by atoms with Gasteiger partial charge in [0.15, 0.2) is 5.82 Å². The molecule has 0 unspecified atom stereocenters. The highest BCUT2D eigenvalue weighted by molar-refractivity contribution is 5.74. The van der Waals surface area contributed by atoms with Crippen LogP contribution in [0.1, 0.15) is 17.8 Å². The van der Waals surface area contributed by atoms with E-state index in [1.165, 1.54) is 17.6 Å². The number of anilines is 1. The Morgan fingerprint density at radius 1 is 1.07 bits per heavy atom. The van der Waals surface area contributed by atoms with Crippen molar-refractivity contribution in [2.24, 2.45) is 0 Å². The summed E-state index contributed by atoms with van der Waals surface area (Å²) in [7, 11) is 0. The molecule has 1 atom stereocenters. The number of hydrogen-bond acceptors (Lipinski definition) is 4. The Bertz CT molecular complexity index is 1000. The SMILES string of the molecule is O=C(NCc1ncnn1-c1ccccc1)N1CCCN2c3ccccc3C[C@H]2C1. The van der Waals surface area contributed by atoms with Crippen molar-refractivity contribution in [3.8, 4) is 5.69 Å². The van der Waals surface area contributed by atoms with Gasteiger partial charge in [-0.15, -0.1) is 0 Å². The average molecular weight is 388 g/mol. The summed E-state index contributed by atoms with van der Waals surface area (Å²) in [6, 6.07) is 18.7. The van der Waals surface area contributed by atoms with Gasteiger partial charge in [-0.1, -0.05) is 36.4 Å². The van der Waals surface area contributed by atoms with Crippen LogP contribution >= 0.6 is 0 Å².